The lowest BCUT2D eigenvalue weighted by Crippen LogP contribution is -2.62. The van der Waals surface area contributed by atoms with Crippen LogP contribution in [0.5, 0.6) is 0 Å². The van der Waals surface area contributed by atoms with Gasteiger partial charge in [0.05, 0.1) is 5.69 Å². The van der Waals surface area contributed by atoms with E-state index in [1.54, 1.807) is 0 Å². The van der Waals surface area contributed by atoms with E-state index in [9.17, 15) is 0 Å². The molecule has 0 aromatic heterocycles. The molecule has 4 heteroatoms. The summed E-state index contributed by atoms with van der Waals surface area (Å²) in [6.07, 6.45) is 6.92. The number of benzene rings is 8. The van der Waals surface area contributed by atoms with Gasteiger partial charge >= 0.3 is 0 Å². The Morgan fingerprint density at radius 3 is 1.34 bits per heavy atom. The van der Waals surface area contributed by atoms with Crippen molar-refractivity contribution in [2.75, 3.05) is 14.7 Å². The van der Waals surface area contributed by atoms with Gasteiger partial charge in [0.1, 0.15) is 0 Å². The quantitative estimate of drug-likeness (QED) is 0.159. The van der Waals surface area contributed by atoms with Crippen LogP contribution in [-0.2, 0) is 54.1 Å². The van der Waals surface area contributed by atoms with E-state index in [0.29, 0.717) is 0 Å². The summed E-state index contributed by atoms with van der Waals surface area (Å²) < 4.78 is 0. The van der Waals surface area contributed by atoms with Crippen molar-refractivity contribution in [2.24, 2.45) is 0 Å². The molecule has 92 heavy (non-hydrogen) atoms. The molecular weight excluding hydrogens is 1110 g/mol. The maximum absolute atomic E-state index is 2.86. The lowest BCUT2D eigenvalue weighted by molar-refractivity contribution is 0.332. The molecule has 0 atom stereocenters. The molecular formula is C88H106BN3. The van der Waals surface area contributed by atoms with E-state index < -0.39 is 0 Å². The second kappa shape index (κ2) is 19.9. The Bertz CT molecular complexity index is 4320. The van der Waals surface area contributed by atoms with Gasteiger partial charge in [-0.2, -0.15) is 0 Å². The maximum Gasteiger partial charge on any atom is 0.252 e. The average molecular weight is 1220 g/mol. The largest absolute Gasteiger partial charge is 0.311 e. The van der Waals surface area contributed by atoms with E-state index in [2.05, 4.69) is 314 Å². The van der Waals surface area contributed by atoms with E-state index in [1.165, 1.54) is 141 Å². The zero-order valence-corrected chi connectivity index (χ0v) is 60.9. The summed E-state index contributed by atoms with van der Waals surface area (Å²) in [6, 6.07) is 55.3. The Labute approximate surface area is 555 Å². The molecule has 0 bridgehead atoms. The maximum atomic E-state index is 2.86. The van der Waals surface area contributed by atoms with Gasteiger partial charge in [-0.15, -0.1) is 0 Å². The molecule has 3 nitrogen and oxygen atoms in total. The first-order chi connectivity index (χ1) is 42.6. The zero-order valence-electron chi connectivity index (χ0n) is 60.9. The Morgan fingerprint density at radius 1 is 0.380 bits per heavy atom. The van der Waals surface area contributed by atoms with Gasteiger partial charge in [-0.05, 0) is 249 Å². The van der Waals surface area contributed by atoms with E-state index >= 15 is 0 Å². The number of fused-ring (bicyclic) bond motifs is 11. The second-order valence-corrected chi connectivity index (χ2v) is 37.1. The fraction of sp³-hybridized carbons (Fsp3) is 0.455. The van der Waals surface area contributed by atoms with Crippen molar-refractivity contribution in [2.45, 2.75) is 259 Å². The standard InChI is InChI=1S/C88H106BN3/c1-53-46-64-67(86(19,20)44-42-83(64,13)14)51-71(53)92-74-49-59(90(56-32-28-54(29-33-56)79(2,3)4)57-34-30-55(31-35-57)80(5,6)7)48-73-77(74)89(69-39-37-60-75-62(81(8,9)10)26-25-27-63(75)88(23,24)76(60)78(69)92)70-50-66-68(87(21,22)45-43-85(66,17)18)52-72(70)91(73)58-36-38-61-65(47-58)84(15,16)41-40-82(61,11)12/h25-39,46-52H,40-45H2,1-24H3. The topological polar surface area (TPSA) is 9.72 Å². The lowest BCUT2D eigenvalue weighted by Gasteiger charge is -2.49. The van der Waals surface area contributed by atoms with Crippen LogP contribution in [0.25, 0.3) is 11.1 Å². The normalized spacial score (nSPS) is 19.6. The van der Waals surface area contributed by atoms with Crippen LogP contribution in [0, 0.1) is 6.92 Å². The number of rotatable bonds is 5. The van der Waals surface area contributed by atoms with Gasteiger partial charge in [0, 0.05) is 50.9 Å². The summed E-state index contributed by atoms with van der Waals surface area (Å²) in [5.74, 6) is 0. The molecule has 0 saturated heterocycles. The molecule has 0 N–H and O–H groups in total. The highest BCUT2D eigenvalue weighted by Gasteiger charge is 2.52. The Balaban J connectivity index is 1.19. The van der Waals surface area contributed by atoms with Crippen LogP contribution in [0.4, 0.5) is 51.2 Å². The van der Waals surface area contributed by atoms with Crippen molar-refractivity contribution < 1.29 is 0 Å². The summed E-state index contributed by atoms with van der Waals surface area (Å²) >= 11 is 0. The number of hydrogen-bond acceptors (Lipinski definition) is 3. The number of hydrogen-bond donors (Lipinski definition) is 0. The second-order valence-electron chi connectivity index (χ2n) is 37.1. The molecule has 0 fully saturated rings. The monoisotopic (exact) mass is 1220 g/mol. The molecule has 8 aromatic carbocycles. The molecule has 2 aliphatic heterocycles. The third-order valence-corrected chi connectivity index (χ3v) is 24.4. The van der Waals surface area contributed by atoms with Gasteiger partial charge in [0.2, 0.25) is 0 Å². The summed E-state index contributed by atoms with van der Waals surface area (Å²) in [7, 11) is 0. The van der Waals surface area contributed by atoms with E-state index in [1.807, 2.05) is 0 Å². The van der Waals surface area contributed by atoms with Crippen LogP contribution >= 0.6 is 0 Å². The van der Waals surface area contributed by atoms with Gasteiger partial charge in [-0.25, -0.2) is 0 Å². The fourth-order valence-corrected chi connectivity index (χ4v) is 18.1. The minimum Gasteiger partial charge on any atom is -0.311 e. The van der Waals surface area contributed by atoms with Crippen molar-refractivity contribution in [1.82, 2.24) is 0 Å². The summed E-state index contributed by atoms with van der Waals surface area (Å²) in [5, 5.41) is 0. The van der Waals surface area contributed by atoms with Crippen LogP contribution in [-0.4, -0.2) is 6.71 Å². The van der Waals surface area contributed by atoms with Gasteiger partial charge in [0.15, 0.2) is 0 Å². The van der Waals surface area contributed by atoms with Crippen molar-refractivity contribution in [3.63, 3.8) is 0 Å². The van der Waals surface area contributed by atoms with Crippen LogP contribution in [0.1, 0.15) is 265 Å². The van der Waals surface area contributed by atoms with Crippen LogP contribution < -0.4 is 31.1 Å². The molecule has 0 radical (unpaired) electrons. The Morgan fingerprint density at radius 2 is 0.837 bits per heavy atom. The molecule has 4 aliphatic carbocycles. The van der Waals surface area contributed by atoms with Crippen molar-refractivity contribution in [3.05, 3.63) is 200 Å². The number of anilines is 9. The molecule has 476 valence electrons. The van der Waals surface area contributed by atoms with Crippen molar-refractivity contribution >= 4 is 74.3 Å². The van der Waals surface area contributed by atoms with Gasteiger partial charge in [-0.3, -0.25) is 0 Å². The Kier molecular flexibility index (Phi) is 13.6. The third kappa shape index (κ3) is 9.43. The molecule has 2 heterocycles. The van der Waals surface area contributed by atoms with Crippen LogP contribution in [0.2, 0.25) is 0 Å². The summed E-state index contributed by atoms with van der Waals surface area (Å²) in [5.41, 5.74) is 34.9. The van der Waals surface area contributed by atoms with E-state index in [0.717, 1.165) is 42.7 Å². The predicted octanol–water partition coefficient (Wildman–Crippen LogP) is 22.8. The fourth-order valence-electron chi connectivity index (χ4n) is 18.1. The molecule has 0 amide bonds. The van der Waals surface area contributed by atoms with E-state index in [-0.39, 0.29) is 60.9 Å². The zero-order chi connectivity index (χ0) is 66.1. The van der Waals surface area contributed by atoms with Gasteiger partial charge in [-0.1, -0.05) is 232 Å². The minimum absolute atomic E-state index is 0.0000629. The van der Waals surface area contributed by atoms with E-state index in [4.69, 9.17) is 0 Å². The summed E-state index contributed by atoms with van der Waals surface area (Å²) in [6.45, 7) is 58.8. The summed E-state index contributed by atoms with van der Waals surface area (Å²) in [4.78, 5) is 8.24. The molecule has 0 saturated carbocycles. The minimum atomic E-state index is -0.346. The van der Waals surface area contributed by atoms with Crippen molar-refractivity contribution in [1.29, 1.82) is 0 Å². The lowest BCUT2D eigenvalue weighted by atomic mass is 9.32. The smallest absolute Gasteiger partial charge is 0.252 e. The highest BCUT2D eigenvalue weighted by atomic mass is 15.2. The van der Waals surface area contributed by atoms with Crippen LogP contribution in [0.3, 0.4) is 0 Å². The molecule has 0 unspecified atom stereocenters. The Hall–Kier alpha value is -6.78. The molecule has 6 aliphatic rings. The van der Waals surface area contributed by atoms with Crippen molar-refractivity contribution in [3.8, 4) is 11.1 Å². The highest BCUT2D eigenvalue weighted by molar-refractivity contribution is 7.00. The third-order valence-electron chi connectivity index (χ3n) is 24.4. The SMILES string of the molecule is Cc1cc2c(cc1N1c3cc(N(c4ccc(C(C)(C)C)cc4)c4ccc(C(C)(C)C)cc4)cc4c3B(c3cc5c(cc3N4c3ccc4c(c3)C(C)(C)CCC4(C)C)C(C)(C)CCC5(C)C)c3ccc4c(c31)C(C)(C)c1cccc(C(C)(C)C)c1-4)C(C)(C)CCC2(C)C. The molecule has 0 spiro atoms. The average Bonchev–Trinajstić information content (AvgIpc) is 1.17. The van der Waals surface area contributed by atoms with Gasteiger partial charge < -0.3 is 14.7 Å². The first kappa shape index (κ1) is 62.7. The highest BCUT2D eigenvalue weighted by Crippen LogP contribution is 2.61. The molecule has 14 rings (SSSR count). The number of nitrogens with zero attached hydrogens (tertiary/aromatic N) is 3. The first-order valence-electron chi connectivity index (χ1n) is 35.2. The first-order valence-corrected chi connectivity index (χ1v) is 35.2. The predicted molar refractivity (Wildman–Crippen MR) is 399 cm³/mol. The number of aryl methyl sites for hydroxylation is 1. The molecule has 8 aromatic rings. The van der Waals surface area contributed by atoms with Gasteiger partial charge in [0.25, 0.3) is 6.71 Å². The van der Waals surface area contributed by atoms with Crippen LogP contribution in [0.15, 0.2) is 133 Å².